The van der Waals surface area contributed by atoms with Crippen LogP contribution >= 0.6 is 0 Å². The van der Waals surface area contributed by atoms with E-state index in [-0.39, 0.29) is 18.4 Å². The summed E-state index contributed by atoms with van der Waals surface area (Å²) >= 11 is 0. The van der Waals surface area contributed by atoms with Gasteiger partial charge in [-0.1, -0.05) is 42.2 Å². The summed E-state index contributed by atoms with van der Waals surface area (Å²) in [6.07, 6.45) is -0.350. The molecule has 7 heteroatoms. The lowest BCUT2D eigenvalue weighted by atomic mass is 10.2. The van der Waals surface area contributed by atoms with E-state index in [1.54, 1.807) is 53.4 Å². The first kappa shape index (κ1) is 18.0. The Morgan fingerprint density at radius 3 is 2.46 bits per heavy atom. The van der Waals surface area contributed by atoms with Crippen LogP contribution in [-0.2, 0) is 20.5 Å². The Hall–Kier alpha value is -2.82. The number of nitrogens with zero attached hydrogens (tertiary/aromatic N) is 1. The van der Waals surface area contributed by atoms with Gasteiger partial charge in [-0.2, -0.15) is 0 Å². The summed E-state index contributed by atoms with van der Waals surface area (Å²) in [7, 11) is -3.42. The molecule has 0 unspecified atom stereocenters. The third-order valence-electron chi connectivity index (χ3n) is 3.75. The molecule has 0 radical (unpaired) electrons. The van der Waals surface area contributed by atoms with Crippen molar-refractivity contribution in [3.8, 4) is 11.8 Å². The standard InChI is InChI=1S/C19H18N2O4S/c22-19-21(13-14-25-19)18-10-8-16(9-11-18)7-4-12-20-26(23,24)15-17-5-2-1-3-6-17/h1-3,5-6,8-11,20H,12-15H2. The summed E-state index contributed by atoms with van der Waals surface area (Å²) in [5.41, 5.74) is 2.22. The third kappa shape index (κ3) is 4.85. The van der Waals surface area contributed by atoms with Crippen LogP contribution in [-0.4, -0.2) is 34.2 Å². The molecular weight excluding hydrogens is 352 g/mol. The molecule has 134 valence electrons. The van der Waals surface area contributed by atoms with Crippen molar-refractivity contribution >= 4 is 21.8 Å². The maximum Gasteiger partial charge on any atom is 0.414 e. The number of amides is 1. The van der Waals surface area contributed by atoms with Gasteiger partial charge < -0.3 is 4.74 Å². The van der Waals surface area contributed by atoms with Gasteiger partial charge in [0.1, 0.15) is 6.61 Å². The number of carbonyl (C=O) groups is 1. The summed E-state index contributed by atoms with van der Waals surface area (Å²) in [5.74, 6) is 5.62. The highest BCUT2D eigenvalue weighted by molar-refractivity contribution is 7.88. The minimum Gasteiger partial charge on any atom is -0.447 e. The average molecular weight is 370 g/mol. The Bertz CT molecular complexity index is 929. The number of carbonyl (C=O) groups excluding carboxylic acids is 1. The van der Waals surface area contributed by atoms with Gasteiger partial charge in [-0.25, -0.2) is 17.9 Å². The monoisotopic (exact) mass is 370 g/mol. The molecule has 1 fully saturated rings. The van der Waals surface area contributed by atoms with Gasteiger partial charge in [0.15, 0.2) is 0 Å². The smallest absolute Gasteiger partial charge is 0.414 e. The van der Waals surface area contributed by atoms with Crippen LogP contribution in [0.15, 0.2) is 54.6 Å². The van der Waals surface area contributed by atoms with Gasteiger partial charge in [-0.3, -0.25) is 4.90 Å². The highest BCUT2D eigenvalue weighted by atomic mass is 32.2. The molecule has 1 aliphatic rings. The first-order chi connectivity index (χ1) is 12.5. The third-order valence-corrected chi connectivity index (χ3v) is 5.05. The van der Waals surface area contributed by atoms with Crippen LogP contribution in [0.25, 0.3) is 0 Å². The van der Waals surface area contributed by atoms with Crippen molar-refractivity contribution in [2.45, 2.75) is 5.75 Å². The fraction of sp³-hybridized carbons (Fsp3) is 0.211. The van der Waals surface area contributed by atoms with Gasteiger partial charge in [0.25, 0.3) is 0 Å². The van der Waals surface area contributed by atoms with Crippen LogP contribution in [0.4, 0.5) is 10.5 Å². The number of hydrogen-bond donors (Lipinski definition) is 1. The van der Waals surface area contributed by atoms with E-state index < -0.39 is 10.0 Å². The number of sulfonamides is 1. The summed E-state index contributed by atoms with van der Waals surface area (Å²) in [5, 5.41) is 0. The quantitative estimate of drug-likeness (QED) is 0.818. The molecule has 0 saturated carbocycles. The zero-order valence-corrected chi connectivity index (χ0v) is 14.8. The molecule has 2 aromatic carbocycles. The van der Waals surface area contributed by atoms with Crippen LogP contribution in [0.2, 0.25) is 0 Å². The Morgan fingerprint density at radius 2 is 1.81 bits per heavy atom. The summed E-state index contributed by atoms with van der Waals surface area (Å²) in [6, 6.07) is 16.1. The van der Waals surface area contributed by atoms with Gasteiger partial charge in [0.05, 0.1) is 18.8 Å². The topological polar surface area (TPSA) is 75.7 Å². The molecule has 0 aromatic heterocycles. The summed E-state index contributed by atoms with van der Waals surface area (Å²) < 4.78 is 31.4. The molecule has 2 aromatic rings. The van der Waals surface area contributed by atoms with E-state index in [1.807, 2.05) is 6.07 Å². The van der Waals surface area contributed by atoms with Crippen molar-refractivity contribution < 1.29 is 17.9 Å². The molecule has 0 aliphatic carbocycles. The van der Waals surface area contributed by atoms with Gasteiger partial charge in [-0.05, 0) is 29.8 Å². The first-order valence-electron chi connectivity index (χ1n) is 8.08. The Kier molecular flexibility index (Phi) is 5.56. The predicted octanol–water partition coefficient (Wildman–Crippen LogP) is 2.11. The molecule has 1 aliphatic heterocycles. The molecule has 0 spiro atoms. The van der Waals surface area contributed by atoms with Crippen LogP contribution in [0.3, 0.4) is 0 Å². The van der Waals surface area contributed by atoms with Crippen molar-refractivity contribution in [1.29, 1.82) is 0 Å². The van der Waals surface area contributed by atoms with E-state index in [9.17, 15) is 13.2 Å². The minimum atomic E-state index is -3.42. The molecule has 6 nitrogen and oxygen atoms in total. The van der Waals surface area contributed by atoms with Gasteiger partial charge >= 0.3 is 6.09 Å². The molecule has 1 amide bonds. The molecule has 0 bridgehead atoms. The zero-order chi connectivity index (χ0) is 18.4. The highest BCUT2D eigenvalue weighted by Gasteiger charge is 2.23. The van der Waals surface area contributed by atoms with E-state index in [4.69, 9.17) is 4.74 Å². The predicted molar refractivity (Wildman–Crippen MR) is 99.1 cm³/mol. The average Bonchev–Trinajstić information content (AvgIpc) is 3.06. The number of anilines is 1. The molecule has 26 heavy (non-hydrogen) atoms. The van der Waals surface area contributed by atoms with Crippen molar-refractivity contribution in [2.24, 2.45) is 0 Å². The molecule has 1 saturated heterocycles. The van der Waals surface area contributed by atoms with Gasteiger partial charge in [-0.15, -0.1) is 0 Å². The number of cyclic esters (lactones) is 1. The van der Waals surface area contributed by atoms with Crippen LogP contribution in [0.1, 0.15) is 11.1 Å². The number of rotatable bonds is 5. The van der Waals surface area contributed by atoms with Crippen molar-refractivity contribution in [1.82, 2.24) is 4.72 Å². The van der Waals surface area contributed by atoms with E-state index in [1.165, 1.54) is 0 Å². The zero-order valence-electron chi connectivity index (χ0n) is 14.0. The first-order valence-corrected chi connectivity index (χ1v) is 9.73. The van der Waals surface area contributed by atoms with Crippen molar-refractivity contribution in [3.63, 3.8) is 0 Å². The highest BCUT2D eigenvalue weighted by Crippen LogP contribution is 2.18. The van der Waals surface area contributed by atoms with Crippen molar-refractivity contribution in [2.75, 3.05) is 24.6 Å². The maximum atomic E-state index is 12.0. The van der Waals surface area contributed by atoms with Crippen LogP contribution < -0.4 is 9.62 Å². The number of hydrogen-bond acceptors (Lipinski definition) is 4. The fourth-order valence-corrected chi connectivity index (χ4v) is 3.52. The van der Waals surface area contributed by atoms with E-state index in [2.05, 4.69) is 16.6 Å². The van der Waals surface area contributed by atoms with E-state index in [0.29, 0.717) is 13.2 Å². The van der Waals surface area contributed by atoms with Crippen LogP contribution in [0, 0.1) is 11.8 Å². The molecule has 0 atom stereocenters. The van der Waals surface area contributed by atoms with E-state index in [0.717, 1.165) is 16.8 Å². The van der Waals surface area contributed by atoms with Gasteiger partial charge in [0, 0.05) is 11.3 Å². The number of ether oxygens (including phenoxy) is 1. The maximum absolute atomic E-state index is 12.0. The molecule has 3 rings (SSSR count). The van der Waals surface area contributed by atoms with Gasteiger partial charge in [0.2, 0.25) is 10.0 Å². The second kappa shape index (κ2) is 8.04. The molecular formula is C19H18N2O4S. The normalized spacial score (nSPS) is 13.8. The number of nitrogens with one attached hydrogen (secondary N) is 1. The lowest BCUT2D eigenvalue weighted by molar-refractivity contribution is 0.181. The molecule has 1 N–H and O–H groups in total. The number of benzene rings is 2. The Balaban J connectivity index is 1.54. The lowest BCUT2D eigenvalue weighted by Gasteiger charge is -2.11. The lowest BCUT2D eigenvalue weighted by Crippen LogP contribution is -2.25. The Labute approximate surface area is 152 Å². The second-order valence-corrected chi connectivity index (χ2v) is 7.49. The van der Waals surface area contributed by atoms with E-state index >= 15 is 0 Å². The minimum absolute atomic E-state index is 0.0371. The Morgan fingerprint density at radius 1 is 1.08 bits per heavy atom. The van der Waals surface area contributed by atoms with Crippen LogP contribution in [0.5, 0.6) is 0 Å². The second-order valence-electron chi connectivity index (χ2n) is 5.68. The molecule has 1 heterocycles. The largest absolute Gasteiger partial charge is 0.447 e. The SMILES string of the molecule is O=C1OCCN1c1ccc(C#CCNS(=O)(=O)Cc2ccccc2)cc1. The summed E-state index contributed by atoms with van der Waals surface area (Å²) in [4.78, 5) is 13.1. The fourth-order valence-electron chi connectivity index (χ4n) is 2.49. The van der Waals surface area contributed by atoms with Crippen molar-refractivity contribution in [3.05, 3.63) is 65.7 Å². The summed E-state index contributed by atoms with van der Waals surface area (Å²) in [6.45, 7) is 0.964.